The quantitative estimate of drug-likeness (QED) is 0.638. The molecule has 6 nitrogen and oxygen atoms in total. The maximum absolute atomic E-state index is 13.4. The van der Waals surface area contributed by atoms with Crippen molar-refractivity contribution in [2.45, 2.75) is 38.1 Å². The van der Waals surface area contributed by atoms with Crippen LogP contribution in [0.4, 0.5) is 0 Å². The summed E-state index contributed by atoms with van der Waals surface area (Å²) in [6.07, 6.45) is 1.77. The lowest BCUT2D eigenvalue weighted by Crippen LogP contribution is -2.52. The van der Waals surface area contributed by atoms with Crippen LogP contribution in [-0.2, 0) is 10.3 Å². The number of hydrogen-bond donors (Lipinski definition) is 1. The Morgan fingerprint density at radius 2 is 1.94 bits per heavy atom. The third kappa shape index (κ3) is 3.67. The summed E-state index contributed by atoms with van der Waals surface area (Å²) in [6, 6.07) is 17.7. The summed E-state index contributed by atoms with van der Waals surface area (Å²) in [4.78, 5) is 25.2. The van der Waals surface area contributed by atoms with E-state index in [-0.39, 0.29) is 11.9 Å². The zero-order valence-electron chi connectivity index (χ0n) is 18.5. The summed E-state index contributed by atoms with van der Waals surface area (Å²) < 4.78 is 0. The Hall–Kier alpha value is -3.50. The van der Waals surface area contributed by atoms with Crippen LogP contribution in [-0.4, -0.2) is 28.8 Å². The van der Waals surface area contributed by atoms with E-state index in [1.807, 2.05) is 37.3 Å². The van der Waals surface area contributed by atoms with E-state index in [1.54, 1.807) is 19.3 Å². The molecule has 3 aromatic rings. The fourth-order valence-corrected chi connectivity index (χ4v) is 5.05. The first kappa shape index (κ1) is 21.7. The summed E-state index contributed by atoms with van der Waals surface area (Å²) in [6.45, 7) is 6.20. The molecule has 7 heteroatoms. The van der Waals surface area contributed by atoms with Crippen molar-refractivity contribution >= 4 is 23.2 Å². The average molecular weight is 444 g/mol. The monoisotopic (exact) mass is 443 g/mol. The number of likely N-dealkylation sites (N-methyl/N-ethyl adjacent to an activating group) is 1. The maximum atomic E-state index is 13.4. The molecule has 32 heavy (non-hydrogen) atoms. The molecule has 0 bridgehead atoms. The minimum Gasteiger partial charge on any atom is -0.369 e. The molecule has 0 saturated carbocycles. The number of carbonyl (C=O) groups is 1. The van der Waals surface area contributed by atoms with Crippen molar-refractivity contribution in [1.29, 1.82) is 5.26 Å². The zero-order valence-corrected chi connectivity index (χ0v) is 19.4. The Kier molecular flexibility index (Phi) is 5.57. The van der Waals surface area contributed by atoms with E-state index in [0.29, 0.717) is 16.5 Å². The molecule has 0 aliphatic carbocycles. The molecular weight excluding hydrogens is 418 g/mol. The molecule has 0 saturated heterocycles. The molecule has 0 fully saturated rings. The normalized spacial score (nSPS) is 20.9. The molecule has 2 N–H and O–H groups in total. The van der Waals surface area contributed by atoms with E-state index in [9.17, 15) is 10.1 Å². The third-order valence-electron chi connectivity index (χ3n) is 5.98. The van der Waals surface area contributed by atoms with Crippen LogP contribution in [0.25, 0.3) is 10.4 Å². The number of carbonyl (C=O) groups excluding carboxylic acids is 1. The van der Waals surface area contributed by atoms with Crippen molar-refractivity contribution in [2.24, 2.45) is 10.7 Å². The highest BCUT2D eigenvalue weighted by atomic mass is 32.1. The SMILES string of the molecule is CC(C)c1ccc([C@@H]2C(=O)N(C)C(N)=N[C@]2(C)c2ncc(-c3cccc(C#N)c3)s2)cc1. The van der Waals surface area contributed by atoms with Gasteiger partial charge < -0.3 is 5.73 Å². The number of benzene rings is 2. The first-order chi connectivity index (χ1) is 15.2. The van der Waals surface area contributed by atoms with Crippen LogP contribution in [0.2, 0.25) is 0 Å². The van der Waals surface area contributed by atoms with Crippen LogP contribution >= 0.6 is 11.3 Å². The predicted octanol–water partition coefficient (Wildman–Crippen LogP) is 4.59. The molecule has 2 atom stereocenters. The van der Waals surface area contributed by atoms with Gasteiger partial charge in [0.25, 0.3) is 0 Å². The summed E-state index contributed by atoms with van der Waals surface area (Å²) >= 11 is 1.47. The van der Waals surface area contributed by atoms with Crippen molar-refractivity contribution in [3.8, 4) is 16.5 Å². The Bertz CT molecular complexity index is 1240. The van der Waals surface area contributed by atoms with Gasteiger partial charge in [0.1, 0.15) is 10.5 Å². The van der Waals surface area contributed by atoms with Gasteiger partial charge in [-0.25, -0.2) is 9.98 Å². The predicted molar refractivity (Wildman–Crippen MR) is 127 cm³/mol. The molecule has 2 aromatic carbocycles. The highest BCUT2D eigenvalue weighted by molar-refractivity contribution is 7.15. The van der Waals surface area contributed by atoms with Crippen LogP contribution in [0.5, 0.6) is 0 Å². The van der Waals surface area contributed by atoms with Gasteiger partial charge in [-0.05, 0) is 41.7 Å². The minimum absolute atomic E-state index is 0.111. The molecular formula is C25H25N5OS. The highest BCUT2D eigenvalue weighted by Gasteiger charge is 2.49. The van der Waals surface area contributed by atoms with Gasteiger partial charge >= 0.3 is 0 Å². The number of guanidine groups is 1. The number of nitriles is 1. The number of hydrogen-bond acceptors (Lipinski definition) is 6. The van der Waals surface area contributed by atoms with E-state index in [1.165, 1.54) is 21.8 Å². The van der Waals surface area contributed by atoms with E-state index in [2.05, 4.69) is 37.0 Å². The Morgan fingerprint density at radius 1 is 1.22 bits per heavy atom. The molecule has 162 valence electrons. The molecule has 1 aromatic heterocycles. The van der Waals surface area contributed by atoms with Crippen molar-refractivity contribution < 1.29 is 4.79 Å². The van der Waals surface area contributed by atoms with Gasteiger partial charge in [0.15, 0.2) is 5.96 Å². The van der Waals surface area contributed by atoms with Crippen LogP contribution in [0.1, 0.15) is 54.3 Å². The Labute approximate surface area is 192 Å². The number of nitrogens with zero attached hydrogens (tertiary/aromatic N) is 4. The third-order valence-corrected chi connectivity index (χ3v) is 7.25. The first-order valence-electron chi connectivity index (χ1n) is 10.4. The average Bonchev–Trinajstić information content (AvgIpc) is 3.29. The highest BCUT2D eigenvalue weighted by Crippen LogP contribution is 2.46. The fourth-order valence-electron chi connectivity index (χ4n) is 4.02. The van der Waals surface area contributed by atoms with Crippen LogP contribution in [0, 0.1) is 11.3 Å². The number of aromatic nitrogens is 1. The van der Waals surface area contributed by atoms with Crippen LogP contribution < -0.4 is 5.73 Å². The second kappa shape index (κ2) is 8.21. The van der Waals surface area contributed by atoms with Crippen molar-refractivity contribution in [1.82, 2.24) is 9.88 Å². The number of rotatable bonds is 4. The van der Waals surface area contributed by atoms with Crippen LogP contribution in [0.15, 0.2) is 59.7 Å². The van der Waals surface area contributed by atoms with Gasteiger partial charge in [-0.15, -0.1) is 11.3 Å². The van der Waals surface area contributed by atoms with Gasteiger partial charge in [-0.3, -0.25) is 9.69 Å². The first-order valence-corrected chi connectivity index (χ1v) is 11.3. The fraction of sp³-hybridized carbons (Fsp3) is 0.280. The molecule has 0 unspecified atom stereocenters. The van der Waals surface area contributed by atoms with E-state index in [4.69, 9.17) is 10.7 Å². The number of amides is 1. The lowest BCUT2D eigenvalue weighted by atomic mass is 9.78. The number of nitrogens with two attached hydrogens (primary N) is 1. The van der Waals surface area contributed by atoms with Crippen molar-refractivity contribution in [3.63, 3.8) is 0 Å². The molecule has 2 heterocycles. The Balaban J connectivity index is 1.81. The minimum atomic E-state index is -0.942. The van der Waals surface area contributed by atoms with Crippen molar-refractivity contribution in [3.05, 3.63) is 76.4 Å². The molecule has 1 aliphatic rings. The van der Waals surface area contributed by atoms with E-state index >= 15 is 0 Å². The lowest BCUT2D eigenvalue weighted by Gasteiger charge is -2.39. The summed E-state index contributed by atoms with van der Waals surface area (Å²) in [7, 11) is 1.65. The molecule has 0 spiro atoms. The summed E-state index contributed by atoms with van der Waals surface area (Å²) in [5, 5.41) is 9.93. The summed E-state index contributed by atoms with van der Waals surface area (Å²) in [5.41, 5.74) is 8.78. The van der Waals surface area contributed by atoms with E-state index in [0.717, 1.165) is 16.0 Å². The largest absolute Gasteiger partial charge is 0.369 e. The Morgan fingerprint density at radius 3 is 2.59 bits per heavy atom. The topological polar surface area (TPSA) is 95.4 Å². The summed E-state index contributed by atoms with van der Waals surface area (Å²) in [5.74, 6) is -0.0821. The maximum Gasteiger partial charge on any atom is 0.239 e. The smallest absolute Gasteiger partial charge is 0.239 e. The van der Waals surface area contributed by atoms with Gasteiger partial charge in [-0.2, -0.15) is 5.26 Å². The zero-order chi connectivity index (χ0) is 23.0. The second-order valence-corrected chi connectivity index (χ2v) is 9.52. The second-order valence-electron chi connectivity index (χ2n) is 8.49. The molecule has 1 amide bonds. The van der Waals surface area contributed by atoms with Gasteiger partial charge in [0.2, 0.25) is 5.91 Å². The number of aliphatic imine (C=N–C) groups is 1. The van der Waals surface area contributed by atoms with Gasteiger partial charge in [-0.1, -0.05) is 50.2 Å². The van der Waals surface area contributed by atoms with E-state index < -0.39 is 11.5 Å². The molecule has 1 aliphatic heterocycles. The lowest BCUT2D eigenvalue weighted by molar-refractivity contribution is -0.130. The van der Waals surface area contributed by atoms with Gasteiger partial charge in [0.05, 0.1) is 22.4 Å². The number of thiazole rings is 1. The molecule has 0 radical (unpaired) electrons. The standard InChI is InChI=1S/C25H25N5OS/c1-15(2)17-8-10-18(11-9-17)21-22(31)30(4)24(27)29-25(21,3)23-28-14-20(32-23)19-7-5-6-16(12-19)13-26/h5-12,14-15,21H,1-4H3,(H2,27,29)/t21-,25+/m1/s1. The van der Waals surface area contributed by atoms with Gasteiger partial charge in [0, 0.05) is 13.2 Å². The van der Waals surface area contributed by atoms with Crippen LogP contribution in [0.3, 0.4) is 0 Å². The molecule has 4 rings (SSSR count). The van der Waals surface area contributed by atoms with Crippen molar-refractivity contribution in [2.75, 3.05) is 7.05 Å².